The number of fused-ring (bicyclic) bond motifs is 4. The predicted molar refractivity (Wildman–Crippen MR) is 43.6 cm³/mol. The van der Waals surface area contributed by atoms with Gasteiger partial charge in [0.05, 0.1) is 11.6 Å². The fourth-order valence-corrected chi connectivity index (χ4v) is 2.22. The molecule has 2 bridgehead atoms. The normalized spacial score (nSPS) is 39.1. The van der Waals surface area contributed by atoms with Crippen LogP contribution in [-0.2, 0) is 14.3 Å². The van der Waals surface area contributed by atoms with E-state index in [4.69, 9.17) is 9.47 Å². The second kappa shape index (κ2) is 1.90. The summed E-state index contributed by atoms with van der Waals surface area (Å²) >= 11 is 0. The standard InChI is InChI=1S/C9H11NO3/c1-9(2)12-6-4-3-5(7(6)13-9)10-8(4)11/h5,7H,3H2,1-2H3,(H,10,11). The van der Waals surface area contributed by atoms with Gasteiger partial charge < -0.3 is 14.8 Å². The molecule has 1 amide bonds. The minimum Gasteiger partial charge on any atom is -0.464 e. The Morgan fingerprint density at radius 2 is 2.31 bits per heavy atom. The molecule has 2 saturated heterocycles. The van der Waals surface area contributed by atoms with Crippen LogP contribution < -0.4 is 5.32 Å². The Morgan fingerprint density at radius 1 is 1.54 bits per heavy atom. The average molecular weight is 181 g/mol. The van der Waals surface area contributed by atoms with Crippen molar-refractivity contribution in [1.82, 2.24) is 5.32 Å². The Balaban J connectivity index is 2.06. The van der Waals surface area contributed by atoms with E-state index < -0.39 is 5.79 Å². The number of carbonyl (C=O) groups is 1. The van der Waals surface area contributed by atoms with Gasteiger partial charge in [-0.3, -0.25) is 4.79 Å². The van der Waals surface area contributed by atoms with Crippen molar-refractivity contribution in [2.75, 3.05) is 0 Å². The molecule has 3 rings (SSSR count). The molecule has 0 radical (unpaired) electrons. The number of nitrogens with one attached hydrogen (secondary N) is 1. The van der Waals surface area contributed by atoms with E-state index >= 15 is 0 Å². The zero-order valence-corrected chi connectivity index (χ0v) is 7.59. The van der Waals surface area contributed by atoms with Gasteiger partial charge in [0.2, 0.25) is 5.79 Å². The lowest BCUT2D eigenvalue weighted by atomic mass is 10.2. The van der Waals surface area contributed by atoms with Gasteiger partial charge in [-0.25, -0.2) is 0 Å². The summed E-state index contributed by atoms with van der Waals surface area (Å²) in [5.41, 5.74) is 0.778. The van der Waals surface area contributed by atoms with Gasteiger partial charge in [0, 0.05) is 20.3 Å². The summed E-state index contributed by atoms with van der Waals surface area (Å²) in [5.74, 6) is 0.201. The van der Waals surface area contributed by atoms with Gasteiger partial charge in [-0.05, 0) is 0 Å². The lowest BCUT2D eigenvalue weighted by Crippen LogP contribution is -2.39. The number of carbonyl (C=O) groups excluding carboxylic acids is 1. The molecular formula is C9H11NO3. The maximum absolute atomic E-state index is 11.3. The average Bonchev–Trinajstić information content (AvgIpc) is 2.56. The van der Waals surface area contributed by atoms with Crippen LogP contribution in [0.2, 0.25) is 0 Å². The SMILES string of the molecule is CC1(C)OC2=C3CC(NC3=O)C2O1. The van der Waals surface area contributed by atoms with Crippen molar-refractivity contribution in [3.63, 3.8) is 0 Å². The number of rotatable bonds is 0. The minimum absolute atomic E-state index is 0.0116. The zero-order valence-electron chi connectivity index (χ0n) is 7.59. The van der Waals surface area contributed by atoms with E-state index in [1.165, 1.54) is 0 Å². The highest BCUT2D eigenvalue weighted by Gasteiger charge is 2.53. The molecule has 3 aliphatic rings. The van der Waals surface area contributed by atoms with Crippen LogP contribution in [0.25, 0.3) is 0 Å². The molecule has 0 saturated carbocycles. The third-order valence-electron chi connectivity index (χ3n) is 2.70. The molecule has 70 valence electrons. The molecule has 1 N–H and O–H groups in total. The second-order valence-corrected chi connectivity index (χ2v) is 4.17. The molecule has 2 fully saturated rings. The highest BCUT2D eigenvalue weighted by Crippen LogP contribution is 2.44. The Hall–Kier alpha value is -1.03. The largest absolute Gasteiger partial charge is 0.464 e. The van der Waals surface area contributed by atoms with Gasteiger partial charge in [-0.2, -0.15) is 0 Å². The summed E-state index contributed by atoms with van der Waals surface area (Å²) < 4.78 is 11.2. The quantitative estimate of drug-likeness (QED) is 0.584. The van der Waals surface area contributed by atoms with Crippen molar-refractivity contribution >= 4 is 5.91 Å². The fraction of sp³-hybridized carbons (Fsp3) is 0.667. The first-order chi connectivity index (χ1) is 6.07. The van der Waals surface area contributed by atoms with E-state index in [1.54, 1.807) is 0 Å². The fourth-order valence-electron chi connectivity index (χ4n) is 2.22. The van der Waals surface area contributed by atoms with E-state index in [9.17, 15) is 4.79 Å². The molecule has 2 unspecified atom stereocenters. The van der Waals surface area contributed by atoms with E-state index in [-0.39, 0.29) is 18.1 Å². The number of ether oxygens (including phenoxy) is 2. The monoisotopic (exact) mass is 181 g/mol. The van der Waals surface area contributed by atoms with Gasteiger partial charge in [0.15, 0.2) is 0 Å². The van der Waals surface area contributed by atoms with E-state index in [0.29, 0.717) is 0 Å². The summed E-state index contributed by atoms with van der Waals surface area (Å²) in [6, 6.07) is 0.110. The van der Waals surface area contributed by atoms with Crippen molar-refractivity contribution in [3.8, 4) is 0 Å². The molecule has 4 nitrogen and oxygen atoms in total. The lowest BCUT2D eigenvalue weighted by Gasteiger charge is -2.18. The van der Waals surface area contributed by atoms with Crippen LogP contribution in [0.4, 0.5) is 0 Å². The summed E-state index contributed by atoms with van der Waals surface area (Å²) in [5, 5.41) is 2.86. The molecule has 2 heterocycles. The molecule has 0 aromatic rings. The summed E-state index contributed by atoms with van der Waals surface area (Å²) in [6.07, 6.45) is 0.720. The molecular weight excluding hydrogens is 170 g/mol. The number of hydrogen-bond acceptors (Lipinski definition) is 3. The van der Waals surface area contributed by atoms with Crippen molar-refractivity contribution in [3.05, 3.63) is 11.3 Å². The van der Waals surface area contributed by atoms with Crippen molar-refractivity contribution in [2.45, 2.75) is 38.2 Å². The number of amides is 1. The molecule has 0 aromatic heterocycles. The first-order valence-corrected chi connectivity index (χ1v) is 4.47. The molecule has 4 heteroatoms. The Morgan fingerprint density at radius 3 is 3.08 bits per heavy atom. The van der Waals surface area contributed by atoms with Crippen molar-refractivity contribution < 1.29 is 14.3 Å². The van der Waals surface area contributed by atoms with Crippen LogP contribution >= 0.6 is 0 Å². The van der Waals surface area contributed by atoms with Gasteiger partial charge in [0.25, 0.3) is 5.91 Å². The van der Waals surface area contributed by atoms with Gasteiger partial charge >= 0.3 is 0 Å². The van der Waals surface area contributed by atoms with E-state index in [0.717, 1.165) is 17.8 Å². The molecule has 2 atom stereocenters. The summed E-state index contributed by atoms with van der Waals surface area (Å²) in [7, 11) is 0. The Bertz CT molecular complexity index is 332. The minimum atomic E-state index is -0.573. The van der Waals surface area contributed by atoms with Gasteiger partial charge in [0.1, 0.15) is 11.9 Å². The highest BCUT2D eigenvalue weighted by atomic mass is 16.7. The van der Waals surface area contributed by atoms with Crippen LogP contribution in [0.3, 0.4) is 0 Å². The highest BCUT2D eigenvalue weighted by molar-refractivity contribution is 5.98. The third-order valence-corrected chi connectivity index (χ3v) is 2.70. The summed E-state index contributed by atoms with van der Waals surface area (Å²) in [6.45, 7) is 3.73. The molecule has 1 aliphatic carbocycles. The van der Waals surface area contributed by atoms with Crippen LogP contribution in [0.15, 0.2) is 11.3 Å². The van der Waals surface area contributed by atoms with E-state index in [2.05, 4.69) is 5.32 Å². The van der Waals surface area contributed by atoms with Gasteiger partial charge in [-0.15, -0.1) is 0 Å². The molecule has 13 heavy (non-hydrogen) atoms. The Kier molecular flexibility index (Phi) is 1.08. The smallest absolute Gasteiger partial charge is 0.251 e. The summed E-state index contributed by atoms with van der Waals surface area (Å²) in [4.78, 5) is 11.3. The first-order valence-electron chi connectivity index (χ1n) is 4.47. The number of hydrogen-bond donors (Lipinski definition) is 1. The maximum atomic E-state index is 11.3. The molecule has 0 aromatic carbocycles. The lowest BCUT2D eigenvalue weighted by molar-refractivity contribution is -0.138. The Labute approximate surface area is 75.9 Å². The van der Waals surface area contributed by atoms with Crippen LogP contribution in [0.5, 0.6) is 0 Å². The van der Waals surface area contributed by atoms with Crippen LogP contribution in [0.1, 0.15) is 20.3 Å². The predicted octanol–water partition coefficient (Wildman–Crippen LogP) is 0.294. The topological polar surface area (TPSA) is 47.6 Å². The zero-order chi connectivity index (χ0) is 9.22. The molecule has 2 aliphatic heterocycles. The van der Waals surface area contributed by atoms with Crippen molar-refractivity contribution in [2.24, 2.45) is 0 Å². The maximum Gasteiger partial charge on any atom is 0.251 e. The van der Waals surface area contributed by atoms with Crippen molar-refractivity contribution in [1.29, 1.82) is 0 Å². The first kappa shape index (κ1) is 7.38. The molecule has 0 spiro atoms. The van der Waals surface area contributed by atoms with E-state index in [1.807, 2.05) is 13.8 Å². The van der Waals surface area contributed by atoms with Crippen LogP contribution in [0, 0.1) is 0 Å². The van der Waals surface area contributed by atoms with Gasteiger partial charge in [-0.1, -0.05) is 0 Å². The second-order valence-electron chi connectivity index (χ2n) is 4.17. The third kappa shape index (κ3) is 0.812. The van der Waals surface area contributed by atoms with Crippen LogP contribution in [-0.4, -0.2) is 23.8 Å².